The Morgan fingerprint density at radius 2 is 2.29 bits per heavy atom. The van der Waals surface area contributed by atoms with Crippen LogP contribution in [0.3, 0.4) is 0 Å². The second kappa shape index (κ2) is 4.77. The molecule has 0 unspecified atom stereocenters. The predicted octanol–water partition coefficient (Wildman–Crippen LogP) is 2.27. The van der Waals surface area contributed by atoms with Crippen molar-refractivity contribution in [3.05, 3.63) is 35.1 Å². The van der Waals surface area contributed by atoms with Crippen molar-refractivity contribution in [3.63, 3.8) is 0 Å². The van der Waals surface area contributed by atoms with Crippen molar-refractivity contribution in [2.24, 2.45) is 0 Å². The average molecular weight is 257 g/mol. The minimum absolute atomic E-state index is 0.339. The average Bonchev–Trinajstić information content (AvgIpc) is 2.14. The lowest BCUT2D eigenvalue weighted by Crippen LogP contribution is -2.00. The van der Waals surface area contributed by atoms with Crippen LogP contribution in [0.4, 0.5) is 4.39 Å². The van der Waals surface area contributed by atoms with Gasteiger partial charge in [0.15, 0.2) is 0 Å². The summed E-state index contributed by atoms with van der Waals surface area (Å²) in [6.07, 6.45) is 0. The van der Waals surface area contributed by atoms with Gasteiger partial charge >= 0.3 is 5.97 Å². The van der Waals surface area contributed by atoms with Gasteiger partial charge in [-0.05, 0) is 18.2 Å². The highest BCUT2D eigenvalue weighted by Crippen LogP contribution is 2.09. The van der Waals surface area contributed by atoms with E-state index in [4.69, 9.17) is 5.11 Å². The molecule has 1 aromatic rings. The van der Waals surface area contributed by atoms with E-state index in [0.29, 0.717) is 10.9 Å². The molecule has 0 heterocycles. The molecule has 72 valence electrons. The molecule has 2 nitrogen and oxygen atoms in total. The first-order valence-electron chi connectivity index (χ1n) is 3.73. The molecule has 0 bridgehead atoms. The molecular formula is C10H6BrFO2. The molecular weight excluding hydrogens is 251 g/mol. The summed E-state index contributed by atoms with van der Waals surface area (Å²) in [5.74, 6) is 3.32. The van der Waals surface area contributed by atoms with Crippen LogP contribution in [0.1, 0.15) is 15.9 Å². The van der Waals surface area contributed by atoms with Gasteiger partial charge in [-0.15, -0.1) is 0 Å². The number of aromatic carboxylic acids is 1. The van der Waals surface area contributed by atoms with Crippen LogP contribution in [0, 0.1) is 17.7 Å². The second-order valence-corrected chi connectivity index (χ2v) is 3.00. The molecule has 0 fully saturated rings. The molecule has 0 aromatic heterocycles. The normalized spacial score (nSPS) is 9.00. The highest BCUT2D eigenvalue weighted by Gasteiger charge is 2.09. The zero-order valence-electron chi connectivity index (χ0n) is 7.05. The minimum atomic E-state index is -1.28. The summed E-state index contributed by atoms with van der Waals surface area (Å²) in [5, 5.41) is 9.04. The van der Waals surface area contributed by atoms with Crippen molar-refractivity contribution in [2.75, 3.05) is 5.33 Å². The van der Waals surface area contributed by atoms with Crippen LogP contribution >= 0.6 is 15.9 Å². The van der Waals surface area contributed by atoms with Crippen molar-refractivity contribution in [3.8, 4) is 11.8 Å². The molecule has 0 spiro atoms. The molecule has 0 saturated carbocycles. The van der Waals surface area contributed by atoms with Gasteiger partial charge in [-0.3, -0.25) is 0 Å². The number of halogens is 2. The van der Waals surface area contributed by atoms with Crippen LogP contribution in [0.25, 0.3) is 0 Å². The van der Waals surface area contributed by atoms with Gasteiger partial charge < -0.3 is 5.11 Å². The van der Waals surface area contributed by atoms with Gasteiger partial charge in [0.25, 0.3) is 0 Å². The molecule has 0 saturated heterocycles. The zero-order chi connectivity index (χ0) is 10.6. The fourth-order valence-corrected chi connectivity index (χ4v) is 1.04. The van der Waals surface area contributed by atoms with Gasteiger partial charge in [0.1, 0.15) is 5.82 Å². The molecule has 14 heavy (non-hydrogen) atoms. The van der Waals surface area contributed by atoms with Gasteiger partial charge in [-0.2, -0.15) is 0 Å². The molecule has 1 aromatic carbocycles. The Balaban J connectivity index is 3.06. The van der Waals surface area contributed by atoms with E-state index in [9.17, 15) is 9.18 Å². The van der Waals surface area contributed by atoms with Crippen molar-refractivity contribution in [1.29, 1.82) is 0 Å². The van der Waals surface area contributed by atoms with Crippen molar-refractivity contribution in [1.82, 2.24) is 0 Å². The molecule has 0 radical (unpaired) electrons. The fraction of sp³-hybridized carbons (Fsp3) is 0.100. The Kier molecular flexibility index (Phi) is 3.66. The topological polar surface area (TPSA) is 37.3 Å². The van der Waals surface area contributed by atoms with Crippen LogP contribution in [0.5, 0.6) is 0 Å². The van der Waals surface area contributed by atoms with Gasteiger partial charge in [0, 0.05) is 5.56 Å². The van der Waals surface area contributed by atoms with Gasteiger partial charge in [0.2, 0.25) is 0 Å². The number of carboxylic acid groups (broad SMARTS) is 1. The van der Waals surface area contributed by atoms with Gasteiger partial charge in [0.05, 0.1) is 10.9 Å². The Hall–Kier alpha value is -1.34. The highest BCUT2D eigenvalue weighted by atomic mass is 79.9. The van der Waals surface area contributed by atoms with Gasteiger partial charge in [-0.25, -0.2) is 9.18 Å². The first-order chi connectivity index (χ1) is 6.65. The van der Waals surface area contributed by atoms with E-state index >= 15 is 0 Å². The summed E-state index contributed by atoms with van der Waals surface area (Å²) >= 11 is 3.10. The second-order valence-electron chi connectivity index (χ2n) is 2.44. The summed E-state index contributed by atoms with van der Waals surface area (Å²) in [4.78, 5) is 10.5. The molecule has 0 atom stereocenters. The third-order valence-electron chi connectivity index (χ3n) is 1.50. The van der Waals surface area contributed by atoms with Gasteiger partial charge in [-0.1, -0.05) is 27.8 Å². The van der Waals surface area contributed by atoms with E-state index in [1.807, 2.05) is 0 Å². The third-order valence-corrected chi connectivity index (χ3v) is 1.78. The zero-order valence-corrected chi connectivity index (χ0v) is 8.64. The maximum absolute atomic E-state index is 13.1. The van der Waals surface area contributed by atoms with Crippen molar-refractivity contribution < 1.29 is 14.3 Å². The Labute approximate surface area is 88.9 Å². The molecule has 1 N–H and O–H groups in total. The highest BCUT2D eigenvalue weighted by molar-refractivity contribution is 9.09. The lowest BCUT2D eigenvalue weighted by atomic mass is 10.1. The van der Waals surface area contributed by atoms with E-state index in [1.54, 1.807) is 0 Å². The van der Waals surface area contributed by atoms with Crippen molar-refractivity contribution in [2.45, 2.75) is 0 Å². The van der Waals surface area contributed by atoms with E-state index in [-0.39, 0.29) is 5.56 Å². The number of carbonyl (C=O) groups is 1. The van der Waals surface area contributed by atoms with E-state index in [1.165, 1.54) is 12.1 Å². The summed E-state index contributed by atoms with van der Waals surface area (Å²) in [6, 6.07) is 3.79. The molecule has 0 aliphatic heterocycles. The number of hydrogen-bond donors (Lipinski definition) is 1. The lowest BCUT2D eigenvalue weighted by Gasteiger charge is -1.96. The summed E-state index contributed by atoms with van der Waals surface area (Å²) in [5.41, 5.74) is 0.126. The van der Waals surface area contributed by atoms with Crippen LogP contribution in [0.2, 0.25) is 0 Å². The third kappa shape index (κ3) is 2.57. The van der Waals surface area contributed by atoms with Crippen LogP contribution in [-0.2, 0) is 0 Å². The molecule has 0 aliphatic rings. The largest absolute Gasteiger partial charge is 0.478 e. The maximum Gasteiger partial charge on any atom is 0.338 e. The number of benzene rings is 1. The summed E-state index contributed by atoms with van der Waals surface area (Å²) < 4.78 is 13.1. The Morgan fingerprint density at radius 1 is 1.57 bits per heavy atom. The Bertz CT molecular complexity index is 418. The van der Waals surface area contributed by atoms with Crippen LogP contribution in [-0.4, -0.2) is 16.4 Å². The van der Waals surface area contributed by atoms with Crippen LogP contribution in [0.15, 0.2) is 18.2 Å². The standard InChI is InChI=1S/C10H6BrFO2/c11-5-1-2-7-3-4-8(10(13)14)9(12)6-7/h3-4,6H,5H2,(H,13,14). The summed E-state index contributed by atoms with van der Waals surface area (Å²) in [6.45, 7) is 0. The number of rotatable bonds is 1. The first-order valence-corrected chi connectivity index (χ1v) is 4.85. The number of carboxylic acids is 1. The molecule has 0 aliphatic carbocycles. The predicted molar refractivity (Wildman–Crippen MR) is 54.0 cm³/mol. The summed E-state index contributed by atoms with van der Waals surface area (Å²) in [7, 11) is 0. The first kappa shape index (κ1) is 10.7. The SMILES string of the molecule is O=C(O)c1ccc(C#CCBr)cc1F. The minimum Gasteiger partial charge on any atom is -0.478 e. The smallest absolute Gasteiger partial charge is 0.338 e. The fourth-order valence-electron chi connectivity index (χ4n) is 0.902. The quantitative estimate of drug-likeness (QED) is 0.619. The van der Waals surface area contributed by atoms with Crippen molar-refractivity contribution >= 4 is 21.9 Å². The monoisotopic (exact) mass is 256 g/mol. The van der Waals surface area contributed by atoms with E-state index in [2.05, 4.69) is 27.8 Å². The lowest BCUT2D eigenvalue weighted by molar-refractivity contribution is 0.0692. The molecule has 4 heteroatoms. The maximum atomic E-state index is 13.1. The van der Waals surface area contributed by atoms with E-state index in [0.717, 1.165) is 6.07 Å². The molecule has 0 amide bonds. The Morgan fingerprint density at radius 3 is 2.79 bits per heavy atom. The number of hydrogen-bond acceptors (Lipinski definition) is 1. The van der Waals surface area contributed by atoms with Crippen LogP contribution < -0.4 is 0 Å². The number of alkyl halides is 1. The van der Waals surface area contributed by atoms with E-state index < -0.39 is 11.8 Å². The molecule has 1 rings (SSSR count).